The Morgan fingerprint density at radius 1 is 0.875 bits per heavy atom. The highest BCUT2D eigenvalue weighted by Crippen LogP contribution is 2.40. The molecule has 0 aromatic heterocycles. The van der Waals surface area contributed by atoms with Gasteiger partial charge in [-0.25, -0.2) is 0 Å². The van der Waals surface area contributed by atoms with Crippen LogP contribution in [0.4, 0.5) is 0 Å². The lowest BCUT2D eigenvalue weighted by atomic mass is 9.71. The van der Waals surface area contributed by atoms with E-state index in [2.05, 4.69) is 71.9 Å². The van der Waals surface area contributed by atoms with Crippen molar-refractivity contribution in [1.29, 1.82) is 0 Å². The molecule has 1 heterocycles. The minimum atomic E-state index is -0.277. The van der Waals surface area contributed by atoms with Gasteiger partial charge in [-0.3, -0.25) is 0 Å². The fourth-order valence-electron chi connectivity index (χ4n) is 3.22. The molecule has 0 atom stereocenters. The van der Waals surface area contributed by atoms with Crippen molar-refractivity contribution in [1.82, 2.24) is 0 Å². The molecule has 0 amide bonds. The maximum Gasteiger partial charge on any atom is 0.490 e. The van der Waals surface area contributed by atoms with Gasteiger partial charge in [-0.05, 0) is 58.0 Å². The molecule has 0 saturated carbocycles. The van der Waals surface area contributed by atoms with Crippen molar-refractivity contribution < 1.29 is 9.31 Å². The van der Waals surface area contributed by atoms with E-state index in [1.807, 2.05) is 0 Å². The van der Waals surface area contributed by atoms with Crippen LogP contribution >= 0.6 is 0 Å². The molecule has 0 N–H and O–H groups in total. The molecular weight excluding hydrogens is 295 g/mol. The number of allylic oxidation sites excluding steroid dienone is 2. The quantitative estimate of drug-likeness (QED) is 0.593. The number of hydrogen-bond acceptors (Lipinski definition) is 2. The molecule has 0 aliphatic carbocycles. The first kappa shape index (κ1) is 19.3. The summed E-state index contributed by atoms with van der Waals surface area (Å²) in [7, 11) is -0.208. The summed E-state index contributed by atoms with van der Waals surface area (Å²) in [6.07, 6.45) is 5.40. The van der Waals surface area contributed by atoms with Crippen LogP contribution in [0.25, 0.3) is 0 Å². The molecule has 1 aliphatic rings. The van der Waals surface area contributed by atoms with Crippen molar-refractivity contribution in [3.8, 4) is 0 Å². The molecule has 0 spiro atoms. The Morgan fingerprint density at radius 2 is 1.42 bits per heavy atom. The molecule has 1 aliphatic heterocycles. The van der Waals surface area contributed by atoms with E-state index in [9.17, 15) is 0 Å². The summed E-state index contributed by atoms with van der Waals surface area (Å²) in [5, 5.41) is 0. The van der Waals surface area contributed by atoms with E-state index < -0.39 is 0 Å². The van der Waals surface area contributed by atoms with Gasteiger partial charge >= 0.3 is 7.12 Å². The first-order chi connectivity index (χ1) is 11.3. The van der Waals surface area contributed by atoms with Crippen LogP contribution in [0.2, 0.25) is 0 Å². The Kier molecular flexibility index (Phi) is 6.33. The van der Waals surface area contributed by atoms with Gasteiger partial charge in [0.2, 0.25) is 0 Å². The van der Waals surface area contributed by atoms with Gasteiger partial charge in [-0.1, -0.05) is 62.6 Å². The molecule has 1 aromatic rings. The lowest BCUT2D eigenvalue weighted by Gasteiger charge is -2.32. The Morgan fingerprint density at radius 3 is 1.92 bits per heavy atom. The highest BCUT2D eigenvalue weighted by atomic mass is 16.7. The third-order valence-electron chi connectivity index (χ3n) is 5.32. The summed E-state index contributed by atoms with van der Waals surface area (Å²) in [5.41, 5.74) is 3.67. The average molecular weight is 328 g/mol. The normalized spacial score (nSPS) is 20.2. The predicted molar refractivity (Wildman–Crippen MR) is 103 cm³/mol. The summed E-state index contributed by atoms with van der Waals surface area (Å²) in [5.74, 6) is 0. The second-order valence-electron chi connectivity index (χ2n) is 7.88. The molecule has 1 saturated heterocycles. The van der Waals surface area contributed by atoms with Crippen LogP contribution in [0.5, 0.6) is 0 Å². The molecule has 1 aromatic carbocycles. The summed E-state index contributed by atoms with van der Waals surface area (Å²) in [4.78, 5) is 0. The van der Waals surface area contributed by atoms with Crippen LogP contribution in [0.3, 0.4) is 0 Å². The predicted octanol–water partition coefficient (Wildman–Crippen LogP) is 5.76. The zero-order chi connectivity index (χ0) is 17.8. The molecule has 24 heavy (non-hydrogen) atoms. The van der Waals surface area contributed by atoms with Gasteiger partial charge in [0, 0.05) is 0 Å². The van der Waals surface area contributed by atoms with E-state index in [-0.39, 0.29) is 18.3 Å². The first-order valence-electron chi connectivity index (χ1n) is 9.41. The molecule has 0 bridgehead atoms. The van der Waals surface area contributed by atoms with Crippen molar-refractivity contribution in [2.45, 2.75) is 84.8 Å². The fourth-order valence-corrected chi connectivity index (χ4v) is 3.22. The minimum absolute atomic E-state index is 0.208. The lowest BCUT2D eigenvalue weighted by Crippen LogP contribution is -2.41. The molecule has 0 radical (unpaired) electrons. The summed E-state index contributed by atoms with van der Waals surface area (Å²) in [6.45, 7) is 13.0. The maximum atomic E-state index is 6.36. The smallest absolute Gasteiger partial charge is 0.400 e. The highest BCUT2D eigenvalue weighted by molar-refractivity contribution is 6.54. The van der Waals surface area contributed by atoms with Gasteiger partial charge in [0.1, 0.15) is 0 Å². The fraction of sp³-hybridized carbons (Fsp3) is 0.619. The van der Waals surface area contributed by atoms with Crippen LogP contribution in [0.1, 0.15) is 72.8 Å². The molecule has 2 rings (SSSR count). The van der Waals surface area contributed by atoms with E-state index in [1.165, 1.54) is 16.6 Å². The van der Waals surface area contributed by atoms with Gasteiger partial charge in [0.25, 0.3) is 0 Å². The molecule has 0 unspecified atom stereocenters. The largest absolute Gasteiger partial charge is 0.490 e. The summed E-state index contributed by atoms with van der Waals surface area (Å²) in [6, 6.07) is 10.7. The van der Waals surface area contributed by atoms with Gasteiger partial charge in [0.05, 0.1) is 11.2 Å². The molecule has 1 fully saturated rings. The Hall–Kier alpha value is -1.06. The van der Waals surface area contributed by atoms with E-state index in [4.69, 9.17) is 9.31 Å². The van der Waals surface area contributed by atoms with Crippen LogP contribution in [0.15, 0.2) is 41.4 Å². The van der Waals surface area contributed by atoms with E-state index in [0.717, 1.165) is 32.1 Å². The van der Waals surface area contributed by atoms with Crippen molar-refractivity contribution in [3.63, 3.8) is 0 Å². The SMILES string of the molecule is CCC/C(Cc1ccccc1)=C(\CCC)B1OC(C)(C)C(C)(C)O1. The Labute approximate surface area is 148 Å². The van der Waals surface area contributed by atoms with Crippen LogP contribution in [-0.2, 0) is 15.7 Å². The second kappa shape index (κ2) is 7.88. The van der Waals surface area contributed by atoms with Crippen molar-refractivity contribution in [2.24, 2.45) is 0 Å². The number of hydrogen-bond donors (Lipinski definition) is 0. The number of benzene rings is 1. The van der Waals surface area contributed by atoms with Gasteiger partial charge in [-0.2, -0.15) is 0 Å². The Balaban J connectivity index is 2.34. The highest BCUT2D eigenvalue weighted by Gasteiger charge is 2.52. The van der Waals surface area contributed by atoms with Crippen LogP contribution in [0, 0.1) is 0 Å². The first-order valence-corrected chi connectivity index (χ1v) is 9.41. The molecule has 3 heteroatoms. The minimum Gasteiger partial charge on any atom is -0.400 e. The van der Waals surface area contributed by atoms with E-state index in [0.29, 0.717) is 0 Å². The van der Waals surface area contributed by atoms with E-state index >= 15 is 0 Å². The van der Waals surface area contributed by atoms with Gasteiger partial charge in [0.15, 0.2) is 0 Å². The molecule has 132 valence electrons. The van der Waals surface area contributed by atoms with Crippen LogP contribution < -0.4 is 0 Å². The standard InChI is InChI=1S/C21H33BO2/c1-7-12-18(16-17-14-10-9-11-15-17)19(13-8-2)22-23-20(3,4)21(5,6)24-22/h9-11,14-15H,7-8,12-13,16H2,1-6H3/b19-18-. The monoisotopic (exact) mass is 328 g/mol. The third-order valence-corrected chi connectivity index (χ3v) is 5.32. The maximum absolute atomic E-state index is 6.36. The zero-order valence-electron chi connectivity index (χ0n) is 16.3. The van der Waals surface area contributed by atoms with Gasteiger partial charge < -0.3 is 9.31 Å². The lowest BCUT2D eigenvalue weighted by molar-refractivity contribution is 0.00578. The van der Waals surface area contributed by atoms with Crippen LogP contribution in [-0.4, -0.2) is 18.3 Å². The van der Waals surface area contributed by atoms with Crippen molar-refractivity contribution in [2.75, 3.05) is 0 Å². The third kappa shape index (κ3) is 4.31. The molecule has 2 nitrogen and oxygen atoms in total. The van der Waals surface area contributed by atoms with E-state index in [1.54, 1.807) is 0 Å². The topological polar surface area (TPSA) is 18.5 Å². The molecular formula is C21H33BO2. The zero-order valence-corrected chi connectivity index (χ0v) is 16.3. The average Bonchev–Trinajstić information content (AvgIpc) is 2.73. The second-order valence-corrected chi connectivity index (χ2v) is 7.88. The summed E-state index contributed by atoms with van der Waals surface area (Å²) < 4.78 is 12.7. The summed E-state index contributed by atoms with van der Waals surface area (Å²) >= 11 is 0. The van der Waals surface area contributed by atoms with Gasteiger partial charge in [-0.15, -0.1) is 0 Å². The van der Waals surface area contributed by atoms with Crippen molar-refractivity contribution in [3.05, 3.63) is 46.9 Å². The van der Waals surface area contributed by atoms with Crippen molar-refractivity contribution >= 4 is 7.12 Å². The number of rotatable bonds is 7. The Bertz CT molecular complexity index is 544.